The third-order valence-corrected chi connectivity index (χ3v) is 3.31. The van der Waals surface area contributed by atoms with Crippen LogP contribution >= 0.6 is 0 Å². The zero-order chi connectivity index (χ0) is 15.8. The van der Waals surface area contributed by atoms with Crippen LogP contribution < -0.4 is 10.1 Å². The van der Waals surface area contributed by atoms with E-state index in [9.17, 15) is 9.59 Å². The SMILES string of the molecule is CCNC(CCC(=O)OC)C(=O)c1ccc(OC)c(C)c1. The Balaban J connectivity index is 2.84. The largest absolute Gasteiger partial charge is 0.496 e. The summed E-state index contributed by atoms with van der Waals surface area (Å²) in [6, 6.07) is 4.95. The highest BCUT2D eigenvalue weighted by atomic mass is 16.5. The molecule has 1 aromatic carbocycles. The van der Waals surface area contributed by atoms with Crippen molar-refractivity contribution in [3.05, 3.63) is 29.3 Å². The van der Waals surface area contributed by atoms with Gasteiger partial charge in [-0.1, -0.05) is 6.92 Å². The smallest absolute Gasteiger partial charge is 0.305 e. The number of hydrogen-bond acceptors (Lipinski definition) is 5. The molecule has 0 radical (unpaired) electrons. The number of carbonyl (C=O) groups is 2. The van der Waals surface area contributed by atoms with Crippen LogP contribution in [0, 0.1) is 6.92 Å². The van der Waals surface area contributed by atoms with Crippen molar-refractivity contribution in [1.29, 1.82) is 0 Å². The van der Waals surface area contributed by atoms with Crippen LogP contribution in [0.5, 0.6) is 5.75 Å². The van der Waals surface area contributed by atoms with E-state index in [0.717, 1.165) is 11.3 Å². The molecule has 0 aliphatic carbocycles. The Labute approximate surface area is 125 Å². The molecule has 0 fully saturated rings. The molecule has 1 rings (SSSR count). The van der Waals surface area contributed by atoms with E-state index in [-0.39, 0.29) is 24.2 Å². The lowest BCUT2D eigenvalue weighted by Gasteiger charge is -2.17. The van der Waals surface area contributed by atoms with Gasteiger partial charge in [-0.05, 0) is 43.7 Å². The van der Waals surface area contributed by atoms with Crippen molar-refractivity contribution in [2.45, 2.75) is 32.7 Å². The summed E-state index contributed by atoms with van der Waals surface area (Å²) in [5.74, 6) is 0.421. The molecule has 0 bridgehead atoms. The number of hydrogen-bond donors (Lipinski definition) is 1. The van der Waals surface area contributed by atoms with Gasteiger partial charge in [-0.2, -0.15) is 0 Å². The van der Waals surface area contributed by atoms with Gasteiger partial charge < -0.3 is 14.8 Å². The number of methoxy groups -OCH3 is 2. The van der Waals surface area contributed by atoms with Crippen LogP contribution in [0.4, 0.5) is 0 Å². The van der Waals surface area contributed by atoms with E-state index >= 15 is 0 Å². The van der Waals surface area contributed by atoms with Gasteiger partial charge in [0.25, 0.3) is 0 Å². The van der Waals surface area contributed by atoms with Gasteiger partial charge in [0.05, 0.1) is 20.3 Å². The molecule has 0 aliphatic rings. The van der Waals surface area contributed by atoms with E-state index in [1.165, 1.54) is 7.11 Å². The van der Waals surface area contributed by atoms with Gasteiger partial charge in [0.2, 0.25) is 0 Å². The average molecular weight is 293 g/mol. The molecule has 1 unspecified atom stereocenters. The topological polar surface area (TPSA) is 64.6 Å². The minimum absolute atomic E-state index is 0.0218. The van der Waals surface area contributed by atoms with Crippen LogP contribution in [0.15, 0.2) is 18.2 Å². The predicted octanol–water partition coefficient (Wildman–Crippen LogP) is 2.12. The first-order valence-electron chi connectivity index (χ1n) is 7.02. The highest BCUT2D eigenvalue weighted by Crippen LogP contribution is 2.20. The number of ether oxygens (including phenoxy) is 2. The monoisotopic (exact) mass is 293 g/mol. The predicted molar refractivity (Wildman–Crippen MR) is 80.8 cm³/mol. The number of carbonyl (C=O) groups excluding carboxylic acids is 2. The fourth-order valence-electron chi connectivity index (χ4n) is 2.17. The maximum atomic E-state index is 12.5. The summed E-state index contributed by atoms with van der Waals surface area (Å²) in [6.07, 6.45) is 0.638. The lowest BCUT2D eigenvalue weighted by molar-refractivity contribution is -0.140. The molecule has 0 spiro atoms. The number of likely N-dealkylation sites (N-methyl/N-ethyl adjacent to an activating group) is 1. The molecule has 0 aromatic heterocycles. The summed E-state index contributed by atoms with van der Waals surface area (Å²) < 4.78 is 9.81. The molecule has 5 nitrogen and oxygen atoms in total. The van der Waals surface area contributed by atoms with Gasteiger partial charge in [0.15, 0.2) is 5.78 Å². The first kappa shape index (κ1) is 17.2. The molecule has 21 heavy (non-hydrogen) atoms. The number of benzene rings is 1. The van der Waals surface area contributed by atoms with Gasteiger partial charge in [-0.15, -0.1) is 0 Å². The fraction of sp³-hybridized carbons (Fsp3) is 0.500. The van der Waals surface area contributed by atoms with Crippen molar-refractivity contribution in [3.63, 3.8) is 0 Å². The first-order chi connectivity index (χ1) is 10.0. The van der Waals surface area contributed by atoms with Crippen LogP contribution in [0.1, 0.15) is 35.7 Å². The molecular weight excluding hydrogens is 270 g/mol. The van der Waals surface area contributed by atoms with Crippen LogP contribution in [-0.4, -0.2) is 38.6 Å². The molecule has 0 amide bonds. The van der Waals surface area contributed by atoms with Gasteiger partial charge in [-0.25, -0.2) is 0 Å². The molecule has 0 saturated carbocycles. The van der Waals surface area contributed by atoms with Gasteiger partial charge in [-0.3, -0.25) is 9.59 Å². The van der Waals surface area contributed by atoms with Gasteiger partial charge >= 0.3 is 5.97 Å². The van der Waals surface area contributed by atoms with Crippen LogP contribution in [0.25, 0.3) is 0 Å². The van der Waals surface area contributed by atoms with Crippen molar-refractivity contribution in [3.8, 4) is 5.75 Å². The number of esters is 1. The Morgan fingerprint density at radius 3 is 2.52 bits per heavy atom. The zero-order valence-corrected chi connectivity index (χ0v) is 13.1. The molecule has 0 saturated heterocycles. The summed E-state index contributed by atoms with van der Waals surface area (Å²) in [7, 11) is 2.95. The Morgan fingerprint density at radius 1 is 1.29 bits per heavy atom. The highest BCUT2D eigenvalue weighted by Gasteiger charge is 2.21. The first-order valence-corrected chi connectivity index (χ1v) is 7.02. The Hall–Kier alpha value is -1.88. The molecule has 116 valence electrons. The molecule has 5 heteroatoms. The second kappa shape index (κ2) is 8.42. The fourth-order valence-corrected chi connectivity index (χ4v) is 2.17. The quantitative estimate of drug-likeness (QED) is 0.587. The van der Waals surface area contributed by atoms with Crippen LogP contribution in [-0.2, 0) is 9.53 Å². The van der Waals surface area contributed by atoms with E-state index in [0.29, 0.717) is 18.5 Å². The minimum Gasteiger partial charge on any atom is -0.496 e. The van der Waals surface area contributed by atoms with Crippen molar-refractivity contribution < 1.29 is 19.1 Å². The average Bonchev–Trinajstić information content (AvgIpc) is 2.50. The number of nitrogens with one attached hydrogen (secondary N) is 1. The Kier molecular flexibility index (Phi) is 6.88. The number of aryl methyl sites for hydroxylation is 1. The van der Waals surface area contributed by atoms with Crippen LogP contribution in [0.2, 0.25) is 0 Å². The van der Waals surface area contributed by atoms with E-state index in [4.69, 9.17) is 4.74 Å². The van der Waals surface area contributed by atoms with E-state index < -0.39 is 0 Å². The molecule has 0 aliphatic heterocycles. The molecule has 0 heterocycles. The molecule has 1 atom stereocenters. The summed E-state index contributed by atoms with van der Waals surface area (Å²) in [4.78, 5) is 23.8. The van der Waals surface area contributed by atoms with Crippen molar-refractivity contribution in [1.82, 2.24) is 5.32 Å². The Morgan fingerprint density at radius 2 is 2.00 bits per heavy atom. The summed E-state index contributed by atoms with van der Waals surface area (Å²) in [6.45, 7) is 4.48. The second-order valence-corrected chi connectivity index (χ2v) is 4.77. The summed E-state index contributed by atoms with van der Waals surface area (Å²) in [5.41, 5.74) is 1.52. The number of ketones is 1. The molecular formula is C16H23NO4. The third-order valence-electron chi connectivity index (χ3n) is 3.31. The van der Waals surface area contributed by atoms with Crippen LogP contribution in [0.3, 0.4) is 0 Å². The molecule has 1 N–H and O–H groups in total. The zero-order valence-electron chi connectivity index (χ0n) is 13.1. The normalized spacial score (nSPS) is 11.8. The molecule has 1 aromatic rings. The highest BCUT2D eigenvalue weighted by molar-refractivity contribution is 6.00. The van der Waals surface area contributed by atoms with Crippen molar-refractivity contribution in [2.75, 3.05) is 20.8 Å². The van der Waals surface area contributed by atoms with E-state index in [1.54, 1.807) is 19.2 Å². The summed E-state index contributed by atoms with van der Waals surface area (Å²) >= 11 is 0. The standard InChI is InChI=1S/C16H23NO4/c1-5-17-13(7-9-15(18)21-4)16(19)12-6-8-14(20-3)11(2)10-12/h6,8,10,13,17H,5,7,9H2,1-4H3. The maximum absolute atomic E-state index is 12.5. The summed E-state index contributed by atoms with van der Waals surface area (Å²) in [5, 5.41) is 3.12. The van der Waals surface area contributed by atoms with Gasteiger partial charge in [0, 0.05) is 12.0 Å². The van der Waals surface area contributed by atoms with E-state index in [2.05, 4.69) is 10.1 Å². The number of Topliss-reactive ketones (excluding diaryl/α,β-unsaturated/α-hetero) is 1. The van der Waals surface area contributed by atoms with Crippen molar-refractivity contribution in [2.24, 2.45) is 0 Å². The lowest BCUT2D eigenvalue weighted by atomic mass is 9.98. The third kappa shape index (κ3) is 4.86. The second-order valence-electron chi connectivity index (χ2n) is 4.77. The van der Waals surface area contributed by atoms with E-state index in [1.807, 2.05) is 19.9 Å². The van der Waals surface area contributed by atoms with Gasteiger partial charge in [0.1, 0.15) is 5.75 Å². The lowest BCUT2D eigenvalue weighted by Crippen LogP contribution is -2.37. The Bertz CT molecular complexity index is 499. The number of rotatable bonds is 8. The maximum Gasteiger partial charge on any atom is 0.305 e. The minimum atomic E-state index is -0.387. The van der Waals surface area contributed by atoms with Crippen molar-refractivity contribution >= 4 is 11.8 Å².